The Hall–Kier alpha value is -0.180. The Morgan fingerprint density at radius 1 is 1.29 bits per heavy atom. The lowest BCUT2D eigenvalue weighted by Gasteiger charge is -2.30. The first-order valence-electron chi connectivity index (χ1n) is 5.43. The third-order valence-corrected chi connectivity index (χ3v) is 4.72. The van der Waals surface area contributed by atoms with Crippen LogP contribution >= 0.6 is 11.8 Å². The maximum Gasteiger partial charge on any atom is 0.0694 e. The zero-order valence-electron chi connectivity index (χ0n) is 9.42. The smallest absolute Gasteiger partial charge is 0.0694 e. The molecule has 3 heteroatoms. The maximum absolute atomic E-state index is 8.77. The van der Waals surface area contributed by atoms with Gasteiger partial charge in [0.15, 0.2) is 0 Å². The quantitative estimate of drug-likeness (QED) is 0.442. The predicted octanol–water partition coefficient (Wildman–Crippen LogP) is 3.68. The van der Waals surface area contributed by atoms with Crippen molar-refractivity contribution in [1.82, 2.24) is 0 Å². The molecular formula is C11H21NOS. The van der Waals surface area contributed by atoms with Crippen molar-refractivity contribution in [2.75, 3.05) is 0 Å². The molecule has 1 rings (SSSR count). The van der Waals surface area contributed by atoms with Crippen LogP contribution < -0.4 is 0 Å². The third kappa shape index (κ3) is 3.19. The Balaban J connectivity index is 2.48. The van der Waals surface area contributed by atoms with E-state index in [0.717, 1.165) is 11.0 Å². The minimum Gasteiger partial charge on any atom is -0.411 e. The Bertz CT molecular complexity index is 207. The summed E-state index contributed by atoms with van der Waals surface area (Å²) >= 11 is 1.96. The van der Waals surface area contributed by atoms with Crippen molar-refractivity contribution in [3.8, 4) is 0 Å². The molecule has 0 spiro atoms. The number of nitrogens with zero attached hydrogens (tertiary/aromatic N) is 1. The van der Waals surface area contributed by atoms with Crippen molar-refractivity contribution in [1.29, 1.82) is 0 Å². The number of hydrogen-bond donors (Lipinski definition) is 1. The second kappa shape index (κ2) is 5.06. The molecule has 0 aromatic carbocycles. The van der Waals surface area contributed by atoms with Gasteiger partial charge in [-0.2, -0.15) is 0 Å². The minimum atomic E-state index is -0.0171. The maximum atomic E-state index is 8.77. The zero-order chi connectivity index (χ0) is 10.6. The van der Waals surface area contributed by atoms with E-state index in [2.05, 4.69) is 19.0 Å². The lowest BCUT2D eigenvalue weighted by Crippen LogP contribution is -2.29. The van der Waals surface area contributed by atoms with Gasteiger partial charge in [0.1, 0.15) is 0 Å². The number of thioether (sulfide) groups is 1. The largest absolute Gasteiger partial charge is 0.411 e. The first-order chi connectivity index (χ1) is 6.56. The van der Waals surface area contributed by atoms with Crippen molar-refractivity contribution in [3.63, 3.8) is 0 Å². The molecule has 0 radical (unpaired) electrons. The second-order valence-corrected chi connectivity index (χ2v) is 6.50. The molecule has 1 N–H and O–H groups in total. The molecule has 0 bridgehead atoms. The first kappa shape index (κ1) is 11.9. The van der Waals surface area contributed by atoms with Crippen LogP contribution in [0.1, 0.15) is 52.9 Å². The van der Waals surface area contributed by atoms with Crippen LogP contribution in [-0.2, 0) is 0 Å². The summed E-state index contributed by atoms with van der Waals surface area (Å²) in [5, 5.41) is 12.9. The first-order valence-corrected chi connectivity index (χ1v) is 6.31. The van der Waals surface area contributed by atoms with Gasteiger partial charge < -0.3 is 5.21 Å². The Labute approximate surface area is 91.1 Å². The van der Waals surface area contributed by atoms with Crippen molar-refractivity contribution in [2.24, 2.45) is 5.16 Å². The summed E-state index contributed by atoms with van der Waals surface area (Å²) in [5.74, 6) is 0. The molecule has 0 aliphatic heterocycles. The molecule has 1 aliphatic carbocycles. The predicted molar refractivity (Wildman–Crippen MR) is 63.4 cm³/mol. The van der Waals surface area contributed by atoms with E-state index in [9.17, 15) is 0 Å². The van der Waals surface area contributed by atoms with Gasteiger partial charge in [0.05, 0.1) is 10.5 Å². The van der Waals surface area contributed by atoms with Crippen LogP contribution in [-0.4, -0.2) is 20.9 Å². The second-order valence-electron chi connectivity index (χ2n) is 4.57. The van der Waals surface area contributed by atoms with Crippen molar-refractivity contribution < 1.29 is 5.21 Å². The van der Waals surface area contributed by atoms with Gasteiger partial charge in [-0.05, 0) is 33.6 Å². The standard InChI is InChI=1S/C11H21NOS/c1-9(12-13)11(2,3)14-10-7-5-4-6-8-10/h10,13H,4-8H2,1-3H3/b12-9-. The fraction of sp³-hybridized carbons (Fsp3) is 0.909. The van der Waals surface area contributed by atoms with E-state index in [0.29, 0.717) is 0 Å². The fourth-order valence-corrected chi connectivity index (χ4v) is 3.42. The lowest BCUT2D eigenvalue weighted by molar-refractivity contribution is 0.316. The van der Waals surface area contributed by atoms with Gasteiger partial charge in [-0.1, -0.05) is 24.4 Å². The SMILES string of the molecule is C/C(=N/O)C(C)(C)SC1CCCCC1. The molecular weight excluding hydrogens is 194 g/mol. The van der Waals surface area contributed by atoms with Crippen LogP contribution in [0.2, 0.25) is 0 Å². The zero-order valence-corrected chi connectivity index (χ0v) is 10.2. The van der Waals surface area contributed by atoms with Gasteiger partial charge in [-0.15, -0.1) is 11.8 Å². The van der Waals surface area contributed by atoms with Crippen LogP contribution in [0, 0.1) is 0 Å². The molecule has 1 saturated carbocycles. The number of oxime groups is 1. The molecule has 0 aromatic heterocycles. The van der Waals surface area contributed by atoms with Gasteiger partial charge in [-0.3, -0.25) is 0 Å². The summed E-state index contributed by atoms with van der Waals surface area (Å²) in [7, 11) is 0. The molecule has 0 amide bonds. The van der Waals surface area contributed by atoms with Gasteiger partial charge in [0.25, 0.3) is 0 Å². The van der Waals surface area contributed by atoms with Gasteiger partial charge in [0, 0.05) is 5.25 Å². The van der Waals surface area contributed by atoms with E-state index in [4.69, 9.17) is 5.21 Å². The van der Waals surface area contributed by atoms with E-state index in [-0.39, 0.29) is 4.75 Å². The highest BCUT2D eigenvalue weighted by molar-refractivity contribution is 8.02. The van der Waals surface area contributed by atoms with Crippen LogP contribution in [0.5, 0.6) is 0 Å². The molecule has 14 heavy (non-hydrogen) atoms. The van der Waals surface area contributed by atoms with Crippen LogP contribution in [0.4, 0.5) is 0 Å². The molecule has 1 fully saturated rings. The van der Waals surface area contributed by atoms with Crippen LogP contribution in [0.25, 0.3) is 0 Å². The third-order valence-electron chi connectivity index (χ3n) is 3.03. The summed E-state index contributed by atoms with van der Waals surface area (Å²) in [5.41, 5.74) is 0.827. The fourth-order valence-electron chi connectivity index (χ4n) is 1.81. The molecule has 0 atom stereocenters. The minimum absolute atomic E-state index is 0.0171. The Morgan fingerprint density at radius 2 is 1.86 bits per heavy atom. The van der Waals surface area contributed by atoms with Gasteiger partial charge in [0.2, 0.25) is 0 Å². The lowest BCUT2D eigenvalue weighted by atomic mass is 10.0. The molecule has 0 unspecified atom stereocenters. The molecule has 2 nitrogen and oxygen atoms in total. The average Bonchev–Trinajstić information content (AvgIpc) is 2.17. The van der Waals surface area contributed by atoms with Crippen LogP contribution in [0.3, 0.4) is 0 Å². The normalized spacial score (nSPS) is 21.2. The highest BCUT2D eigenvalue weighted by atomic mass is 32.2. The van der Waals surface area contributed by atoms with E-state index in [1.54, 1.807) is 0 Å². The molecule has 0 saturated heterocycles. The highest BCUT2D eigenvalue weighted by Gasteiger charge is 2.28. The summed E-state index contributed by atoms with van der Waals surface area (Å²) < 4.78 is -0.0171. The molecule has 0 aromatic rings. The van der Waals surface area contributed by atoms with Crippen LogP contribution in [0.15, 0.2) is 5.16 Å². The highest BCUT2D eigenvalue weighted by Crippen LogP contribution is 2.37. The van der Waals surface area contributed by atoms with E-state index >= 15 is 0 Å². The summed E-state index contributed by atoms with van der Waals surface area (Å²) in [6.07, 6.45) is 6.77. The van der Waals surface area contributed by atoms with E-state index in [1.165, 1.54) is 32.1 Å². The number of hydrogen-bond acceptors (Lipinski definition) is 3. The van der Waals surface area contributed by atoms with E-state index in [1.807, 2.05) is 18.7 Å². The topological polar surface area (TPSA) is 32.6 Å². The van der Waals surface area contributed by atoms with Crippen molar-refractivity contribution >= 4 is 17.5 Å². The van der Waals surface area contributed by atoms with Gasteiger partial charge >= 0.3 is 0 Å². The summed E-state index contributed by atoms with van der Waals surface area (Å²) in [6.45, 7) is 6.18. The number of rotatable bonds is 3. The molecule has 0 heterocycles. The summed E-state index contributed by atoms with van der Waals surface area (Å²) in [6, 6.07) is 0. The van der Waals surface area contributed by atoms with Gasteiger partial charge in [-0.25, -0.2) is 0 Å². The van der Waals surface area contributed by atoms with E-state index < -0.39 is 0 Å². The molecule has 82 valence electrons. The Morgan fingerprint density at radius 3 is 2.36 bits per heavy atom. The summed E-state index contributed by atoms with van der Waals surface area (Å²) in [4.78, 5) is 0. The Kier molecular flexibility index (Phi) is 4.30. The monoisotopic (exact) mass is 215 g/mol. The van der Waals surface area contributed by atoms with Crippen molar-refractivity contribution in [2.45, 2.75) is 62.9 Å². The average molecular weight is 215 g/mol. The molecule has 1 aliphatic rings. The van der Waals surface area contributed by atoms with Crippen molar-refractivity contribution in [3.05, 3.63) is 0 Å².